The molecule has 0 radical (unpaired) electrons. The zero-order chi connectivity index (χ0) is 14.1. The molecule has 0 aliphatic heterocycles. The summed E-state index contributed by atoms with van der Waals surface area (Å²) >= 11 is 0. The predicted octanol–water partition coefficient (Wildman–Crippen LogP) is 0.662. The summed E-state index contributed by atoms with van der Waals surface area (Å²) in [6.07, 6.45) is 1.86. The van der Waals surface area contributed by atoms with Crippen LogP contribution in [0.4, 0.5) is 0 Å². The number of primary amides is 1. The average molecular weight is 263 g/mol. The second-order valence-electron chi connectivity index (χ2n) is 3.72. The summed E-state index contributed by atoms with van der Waals surface area (Å²) in [5.41, 5.74) is 6.20. The Bertz CT molecular complexity index is 472. The summed E-state index contributed by atoms with van der Waals surface area (Å²) in [6.45, 7) is 2.43. The minimum absolute atomic E-state index is 0.0355. The van der Waals surface area contributed by atoms with Crippen molar-refractivity contribution in [2.24, 2.45) is 10.9 Å². The SMILES string of the molecule is CCC(=O)NCCON=Cc1ccccc1C(N)=O. The summed E-state index contributed by atoms with van der Waals surface area (Å²) < 4.78 is 0. The summed E-state index contributed by atoms with van der Waals surface area (Å²) in [7, 11) is 0. The van der Waals surface area contributed by atoms with Crippen LogP contribution in [0.15, 0.2) is 29.4 Å². The van der Waals surface area contributed by atoms with Crippen LogP contribution in [-0.4, -0.2) is 31.2 Å². The van der Waals surface area contributed by atoms with Crippen LogP contribution in [0, 0.1) is 0 Å². The zero-order valence-corrected chi connectivity index (χ0v) is 10.8. The molecule has 0 heterocycles. The number of rotatable bonds is 7. The monoisotopic (exact) mass is 263 g/mol. The number of amides is 2. The van der Waals surface area contributed by atoms with Gasteiger partial charge in [0.25, 0.3) is 0 Å². The Kier molecular flexibility index (Phi) is 6.08. The molecule has 0 aliphatic rings. The standard InChI is InChI=1S/C13H17N3O3/c1-2-12(17)15-7-8-19-16-9-10-5-3-4-6-11(10)13(14)18/h3-6,9H,2,7-8H2,1H3,(H2,14,18)(H,15,17). The van der Waals surface area contributed by atoms with Gasteiger partial charge in [0.2, 0.25) is 11.8 Å². The number of nitrogens with zero attached hydrogens (tertiary/aromatic N) is 1. The van der Waals surface area contributed by atoms with E-state index >= 15 is 0 Å². The fraction of sp³-hybridized carbons (Fsp3) is 0.308. The van der Waals surface area contributed by atoms with Gasteiger partial charge in [-0.3, -0.25) is 9.59 Å². The van der Waals surface area contributed by atoms with Crippen LogP contribution in [0.3, 0.4) is 0 Å². The van der Waals surface area contributed by atoms with Crippen molar-refractivity contribution in [2.45, 2.75) is 13.3 Å². The van der Waals surface area contributed by atoms with Crippen LogP contribution in [-0.2, 0) is 9.63 Å². The van der Waals surface area contributed by atoms with Crippen molar-refractivity contribution in [3.8, 4) is 0 Å². The van der Waals surface area contributed by atoms with Gasteiger partial charge in [-0.2, -0.15) is 0 Å². The van der Waals surface area contributed by atoms with E-state index < -0.39 is 5.91 Å². The maximum absolute atomic E-state index is 11.1. The lowest BCUT2D eigenvalue weighted by molar-refractivity contribution is -0.121. The Morgan fingerprint density at radius 2 is 2.16 bits per heavy atom. The molecule has 0 saturated heterocycles. The van der Waals surface area contributed by atoms with E-state index in [0.717, 1.165) is 0 Å². The second-order valence-corrected chi connectivity index (χ2v) is 3.72. The molecule has 102 valence electrons. The first-order chi connectivity index (χ1) is 9.15. The van der Waals surface area contributed by atoms with Crippen molar-refractivity contribution >= 4 is 18.0 Å². The number of carbonyl (C=O) groups excluding carboxylic acids is 2. The van der Waals surface area contributed by atoms with Crippen LogP contribution < -0.4 is 11.1 Å². The maximum atomic E-state index is 11.1. The van der Waals surface area contributed by atoms with Crippen molar-refractivity contribution in [1.29, 1.82) is 0 Å². The summed E-state index contributed by atoms with van der Waals surface area (Å²) in [4.78, 5) is 27.0. The van der Waals surface area contributed by atoms with Gasteiger partial charge in [0.15, 0.2) is 0 Å². The fourth-order valence-corrected chi connectivity index (χ4v) is 1.34. The highest BCUT2D eigenvalue weighted by Crippen LogP contribution is 2.05. The molecule has 1 aromatic carbocycles. The molecule has 0 bridgehead atoms. The first kappa shape index (κ1) is 14.7. The lowest BCUT2D eigenvalue weighted by Crippen LogP contribution is -2.25. The van der Waals surface area contributed by atoms with E-state index in [4.69, 9.17) is 10.6 Å². The van der Waals surface area contributed by atoms with Crippen LogP contribution in [0.1, 0.15) is 29.3 Å². The average Bonchev–Trinajstić information content (AvgIpc) is 2.42. The van der Waals surface area contributed by atoms with Gasteiger partial charge in [0, 0.05) is 17.5 Å². The first-order valence-electron chi connectivity index (χ1n) is 5.96. The van der Waals surface area contributed by atoms with E-state index in [2.05, 4.69) is 10.5 Å². The molecule has 0 unspecified atom stereocenters. The van der Waals surface area contributed by atoms with Crippen LogP contribution in [0.2, 0.25) is 0 Å². The molecule has 19 heavy (non-hydrogen) atoms. The third kappa shape index (κ3) is 5.20. The molecule has 2 amide bonds. The number of nitrogens with one attached hydrogen (secondary N) is 1. The quantitative estimate of drug-likeness (QED) is 0.430. The van der Waals surface area contributed by atoms with Gasteiger partial charge in [0.1, 0.15) is 6.61 Å². The molecular weight excluding hydrogens is 246 g/mol. The van der Waals surface area contributed by atoms with Crippen molar-refractivity contribution in [3.05, 3.63) is 35.4 Å². The smallest absolute Gasteiger partial charge is 0.249 e. The number of benzene rings is 1. The minimum atomic E-state index is -0.516. The molecule has 6 nitrogen and oxygen atoms in total. The summed E-state index contributed by atoms with van der Waals surface area (Å²) in [6, 6.07) is 6.82. The highest BCUT2D eigenvalue weighted by molar-refractivity contribution is 6.01. The predicted molar refractivity (Wildman–Crippen MR) is 71.8 cm³/mol. The highest BCUT2D eigenvalue weighted by atomic mass is 16.6. The van der Waals surface area contributed by atoms with Gasteiger partial charge >= 0.3 is 0 Å². The van der Waals surface area contributed by atoms with Crippen molar-refractivity contribution in [2.75, 3.05) is 13.2 Å². The summed E-state index contributed by atoms with van der Waals surface area (Å²) in [5, 5.41) is 6.37. The molecule has 1 aromatic rings. The van der Waals surface area contributed by atoms with Crippen LogP contribution >= 0.6 is 0 Å². The topological polar surface area (TPSA) is 93.8 Å². The van der Waals surface area contributed by atoms with E-state index in [-0.39, 0.29) is 12.5 Å². The number of nitrogens with two attached hydrogens (primary N) is 1. The number of hydrogen-bond donors (Lipinski definition) is 2. The van der Waals surface area contributed by atoms with E-state index in [9.17, 15) is 9.59 Å². The number of hydrogen-bond acceptors (Lipinski definition) is 4. The van der Waals surface area contributed by atoms with Crippen molar-refractivity contribution in [3.63, 3.8) is 0 Å². The van der Waals surface area contributed by atoms with Crippen molar-refractivity contribution < 1.29 is 14.4 Å². The molecule has 0 aliphatic carbocycles. The largest absolute Gasteiger partial charge is 0.394 e. The van der Waals surface area contributed by atoms with E-state index in [1.807, 2.05) is 0 Å². The Balaban J connectivity index is 2.41. The third-order valence-corrected chi connectivity index (χ3v) is 2.33. The zero-order valence-electron chi connectivity index (χ0n) is 10.8. The molecule has 0 spiro atoms. The third-order valence-electron chi connectivity index (χ3n) is 2.33. The van der Waals surface area contributed by atoms with Gasteiger partial charge in [-0.25, -0.2) is 0 Å². The van der Waals surface area contributed by atoms with Gasteiger partial charge in [-0.1, -0.05) is 30.3 Å². The molecule has 1 rings (SSSR count). The molecule has 6 heteroatoms. The Morgan fingerprint density at radius 1 is 1.42 bits per heavy atom. The van der Waals surface area contributed by atoms with E-state index in [0.29, 0.717) is 24.1 Å². The van der Waals surface area contributed by atoms with E-state index in [1.54, 1.807) is 31.2 Å². The van der Waals surface area contributed by atoms with Gasteiger partial charge < -0.3 is 15.9 Å². The molecule has 0 aromatic heterocycles. The molecule has 3 N–H and O–H groups in total. The number of carbonyl (C=O) groups is 2. The minimum Gasteiger partial charge on any atom is -0.394 e. The van der Waals surface area contributed by atoms with Crippen LogP contribution in [0.5, 0.6) is 0 Å². The maximum Gasteiger partial charge on any atom is 0.249 e. The first-order valence-corrected chi connectivity index (χ1v) is 5.96. The summed E-state index contributed by atoms with van der Waals surface area (Å²) in [5.74, 6) is -0.552. The lowest BCUT2D eigenvalue weighted by Gasteiger charge is -2.02. The van der Waals surface area contributed by atoms with Gasteiger partial charge in [0.05, 0.1) is 12.8 Å². The molecule has 0 saturated carbocycles. The van der Waals surface area contributed by atoms with Gasteiger partial charge in [-0.05, 0) is 6.07 Å². The second kappa shape index (κ2) is 7.86. The Hall–Kier alpha value is -2.37. The van der Waals surface area contributed by atoms with Crippen LogP contribution in [0.25, 0.3) is 0 Å². The fourth-order valence-electron chi connectivity index (χ4n) is 1.34. The number of oxime groups is 1. The van der Waals surface area contributed by atoms with E-state index in [1.165, 1.54) is 6.21 Å². The lowest BCUT2D eigenvalue weighted by atomic mass is 10.1. The highest BCUT2D eigenvalue weighted by Gasteiger charge is 2.04. The van der Waals surface area contributed by atoms with Gasteiger partial charge in [-0.15, -0.1) is 0 Å². The molecular formula is C13H17N3O3. The Morgan fingerprint density at radius 3 is 2.84 bits per heavy atom. The normalized spacial score (nSPS) is 10.4. The Labute approximate surface area is 111 Å². The molecule has 0 fully saturated rings. The van der Waals surface area contributed by atoms with Crippen molar-refractivity contribution in [1.82, 2.24) is 5.32 Å². The molecule has 0 atom stereocenters.